The molecule has 4 rings (SSSR count). The van der Waals surface area contributed by atoms with Gasteiger partial charge in [0, 0.05) is 41.8 Å². The molecule has 2 aromatic carbocycles. The second-order valence-corrected chi connectivity index (χ2v) is 6.11. The molecule has 1 atom stereocenters. The number of anilines is 1. The van der Waals surface area contributed by atoms with Crippen molar-refractivity contribution in [2.24, 2.45) is 7.05 Å². The minimum Gasteiger partial charge on any atom is -0.490 e. The van der Waals surface area contributed by atoms with Crippen molar-refractivity contribution < 1.29 is 9.53 Å². The van der Waals surface area contributed by atoms with Crippen molar-refractivity contribution in [1.29, 1.82) is 0 Å². The van der Waals surface area contributed by atoms with Gasteiger partial charge in [0.05, 0.1) is 0 Å². The van der Waals surface area contributed by atoms with Crippen LogP contribution in [0.15, 0.2) is 48.7 Å². The van der Waals surface area contributed by atoms with Crippen LogP contribution in [-0.4, -0.2) is 16.6 Å². The van der Waals surface area contributed by atoms with E-state index in [9.17, 15) is 4.79 Å². The molecular formula is C19H18N2O2. The summed E-state index contributed by atoms with van der Waals surface area (Å²) >= 11 is 0. The van der Waals surface area contributed by atoms with Crippen LogP contribution in [0.4, 0.5) is 5.69 Å². The molecule has 3 aromatic rings. The van der Waals surface area contributed by atoms with Crippen LogP contribution in [0.3, 0.4) is 0 Å². The Balaban J connectivity index is 1.58. The molecule has 0 saturated heterocycles. The van der Waals surface area contributed by atoms with E-state index in [1.54, 1.807) is 0 Å². The Labute approximate surface area is 134 Å². The number of fused-ring (bicyclic) bond motifs is 2. The van der Waals surface area contributed by atoms with Gasteiger partial charge in [0.1, 0.15) is 11.9 Å². The smallest absolute Gasteiger partial charge is 0.255 e. The topological polar surface area (TPSA) is 43.3 Å². The van der Waals surface area contributed by atoms with Crippen LogP contribution in [0.5, 0.6) is 5.75 Å². The van der Waals surface area contributed by atoms with E-state index < -0.39 is 0 Å². The number of aromatic nitrogens is 1. The zero-order valence-electron chi connectivity index (χ0n) is 13.2. The van der Waals surface area contributed by atoms with E-state index in [-0.39, 0.29) is 12.0 Å². The third-order valence-corrected chi connectivity index (χ3v) is 4.30. The highest BCUT2D eigenvalue weighted by Gasteiger charge is 2.19. The molecule has 1 N–H and O–H groups in total. The van der Waals surface area contributed by atoms with Crippen molar-refractivity contribution in [1.82, 2.24) is 4.57 Å². The maximum Gasteiger partial charge on any atom is 0.255 e. The standard InChI is InChI=1S/C19H18N2O2/c1-12-9-15-11-16(4-6-18(15)23-12)20-19(22)14-3-5-17-13(10-14)7-8-21(17)2/h3-8,10-12H,9H2,1-2H3,(H,20,22). The van der Waals surface area contributed by atoms with E-state index in [4.69, 9.17) is 4.74 Å². The molecule has 23 heavy (non-hydrogen) atoms. The van der Waals surface area contributed by atoms with Gasteiger partial charge in [-0.05, 0) is 55.0 Å². The number of hydrogen-bond donors (Lipinski definition) is 1. The minimum atomic E-state index is -0.0948. The van der Waals surface area contributed by atoms with Crippen molar-refractivity contribution in [2.45, 2.75) is 19.4 Å². The monoisotopic (exact) mass is 306 g/mol. The molecule has 0 fully saturated rings. The molecule has 0 aliphatic carbocycles. The summed E-state index contributed by atoms with van der Waals surface area (Å²) in [6.45, 7) is 2.05. The first-order valence-electron chi connectivity index (χ1n) is 7.76. The fraction of sp³-hybridized carbons (Fsp3) is 0.211. The second kappa shape index (κ2) is 5.16. The lowest BCUT2D eigenvalue weighted by Gasteiger charge is -2.07. The summed E-state index contributed by atoms with van der Waals surface area (Å²) < 4.78 is 7.73. The average molecular weight is 306 g/mol. The van der Waals surface area contributed by atoms with Gasteiger partial charge in [0.15, 0.2) is 0 Å². The predicted molar refractivity (Wildman–Crippen MR) is 91.1 cm³/mol. The van der Waals surface area contributed by atoms with E-state index in [0.29, 0.717) is 5.56 Å². The predicted octanol–water partition coefficient (Wildman–Crippen LogP) is 3.75. The van der Waals surface area contributed by atoms with Crippen LogP contribution in [0.2, 0.25) is 0 Å². The maximum absolute atomic E-state index is 12.5. The van der Waals surface area contributed by atoms with Crippen molar-refractivity contribution in [3.05, 3.63) is 59.8 Å². The molecule has 0 radical (unpaired) electrons. The van der Waals surface area contributed by atoms with Crippen LogP contribution in [0, 0.1) is 0 Å². The number of nitrogens with zero attached hydrogens (tertiary/aromatic N) is 1. The zero-order valence-corrected chi connectivity index (χ0v) is 13.2. The fourth-order valence-electron chi connectivity index (χ4n) is 3.13. The van der Waals surface area contributed by atoms with Gasteiger partial charge in [-0.1, -0.05) is 0 Å². The molecule has 1 amide bonds. The van der Waals surface area contributed by atoms with Gasteiger partial charge in [-0.2, -0.15) is 0 Å². The van der Waals surface area contributed by atoms with Gasteiger partial charge in [-0.25, -0.2) is 0 Å². The molecule has 1 aliphatic heterocycles. The highest BCUT2D eigenvalue weighted by molar-refractivity contribution is 6.06. The Bertz CT molecular complexity index is 911. The Hall–Kier alpha value is -2.75. The molecule has 0 saturated carbocycles. The normalized spacial score (nSPS) is 16.2. The van der Waals surface area contributed by atoms with Crippen molar-refractivity contribution >= 4 is 22.5 Å². The molecule has 1 aromatic heterocycles. The quantitative estimate of drug-likeness (QED) is 0.783. The van der Waals surface area contributed by atoms with E-state index >= 15 is 0 Å². The zero-order chi connectivity index (χ0) is 16.0. The number of aryl methyl sites for hydroxylation is 1. The average Bonchev–Trinajstić information content (AvgIpc) is 3.08. The third-order valence-electron chi connectivity index (χ3n) is 4.30. The number of ether oxygens (including phenoxy) is 1. The number of amides is 1. The largest absolute Gasteiger partial charge is 0.490 e. The number of carbonyl (C=O) groups is 1. The van der Waals surface area contributed by atoms with Gasteiger partial charge < -0.3 is 14.6 Å². The van der Waals surface area contributed by atoms with E-state index in [1.807, 2.05) is 67.2 Å². The summed E-state index contributed by atoms with van der Waals surface area (Å²) in [6.07, 6.45) is 3.08. The molecule has 0 bridgehead atoms. The van der Waals surface area contributed by atoms with E-state index in [2.05, 4.69) is 5.32 Å². The third kappa shape index (κ3) is 2.46. The first-order chi connectivity index (χ1) is 11.1. The number of carbonyl (C=O) groups excluding carboxylic acids is 1. The summed E-state index contributed by atoms with van der Waals surface area (Å²) in [6, 6.07) is 13.6. The maximum atomic E-state index is 12.5. The van der Waals surface area contributed by atoms with E-state index in [0.717, 1.165) is 34.3 Å². The summed E-state index contributed by atoms with van der Waals surface area (Å²) in [5.74, 6) is 0.823. The van der Waals surface area contributed by atoms with E-state index in [1.165, 1.54) is 0 Å². The van der Waals surface area contributed by atoms with Crippen LogP contribution in [0.1, 0.15) is 22.8 Å². The number of benzene rings is 2. The Morgan fingerprint density at radius 1 is 1.22 bits per heavy atom. The molecule has 1 unspecified atom stereocenters. The molecule has 1 aliphatic rings. The number of hydrogen-bond acceptors (Lipinski definition) is 2. The molecule has 4 heteroatoms. The first-order valence-corrected chi connectivity index (χ1v) is 7.76. The molecule has 0 spiro atoms. The summed E-state index contributed by atoms with van der Waals surface area (Å²) in [4.78, 5) is 12.5. The Kier molecular flexibility index (Phi) is 3.11. The van der Waals surface area contributed by atoms with Crippen LogP contribution in [0.25, 0.3) is 10.9 Å². The van der Waals surface area contributed by atoms with Crippen LogP contribution < -0.4 is 10.1 Å². The molecular weight excluding hydrogens is 288 g/mol. The second-order valence-electron chi connectivity index (χ2n) is 6.11. The first kappa shape index (κ1) is 13.9. The lowest BCUT2D eigenvalue weighted by atomic mass is 10.1. The minimum absolute atomic E-state index is 0.0948. The molecule has 116 valence electrons. The van der Waals surface area contributed by atoms with Gasteiger partial charge in [-0.15, -0.1) is 0 Å². The fourth-order valence-corrected chi connectivity index (χ4v) is 3.13. The highest BCUT2D eigenvalue weighted by Crippen LogP contribution is 2.31. The summed E-state index contributed by atoms with van der Waals surface area (Å²) in [5, 5.41) is 4.04. The van der Waals surface area contributed by atoms with Crippen molar-refractivity contribution in [3.63, 3.8) is 0 Å². The number of rotatable bonds is 2. The lowest BCUT2D eigenvalue weighted by molar-refractivity contribution is 0.102. The van der Waals surface area contributed by atoms with Gasteiger partial charge in [0.25, 0.3) is 5.91 Å². The van der Waals surface area contributed by atoms with Crippen LogP contribution >= 0.6 is 0 Å². The van der Waals surface area contributed by atoms with Crippen molar-refractivity contribution in [3.8, 4) is 5.75 Å². The van der Waals surface area contributed by atoms with Crippen molar-refractivity contribution in [2.75, 3.05) is 5.32 Å². The Morgan fingerprint density at radius 2 is 2.09 bits per heavy atom. The van der Waals surface area contributed by atoms with Gasteiger partial charge in [0.2, 0.25) is 0 Å². The molecule has 4 nitrogen and oxygen atoms in total. The highest BCUT2D eigenvalue weighted by atomic mass is 16.5. The molecule has 2 heterocycles. The lowest BCUT2D eigenvalue weighted by Crippen LogP contribution is -2.11. The van der Waals surface area contributed by atoms with Crippen LogP contribution in [-0.2, 0) is 13.5 Å². The SMILES string of the molecule is CC1Cc2cc(NC(=O)c3ccc4c(ccn4C)c3)ccc2O1. The summed E-state index contributed by atoms with van der Waals surface area (Å²) in [7, 11) is 2.00. The van der Waals surface area contributed by atoms with Gasteiger partial charge >= 0.3 is 0 Å². The van der Waals surface area contributed by atoms with Gasteiger partial charge in [-0.3, -0.25) is 4.79 Å². The summed E-state index contributed by atoms with van der Waals surface area (Å²) in [5.41, 5.74) is 3.73. The Morgan fingerprint density at radius 3 is 2.96 bits per heavy atom. The number of nitrogens with one attached hydrogen (secondary N) is 1.